The van der Waals surface area contributed by atoms with E-state index in [1.807, 2.05) is 0 Å². The minimum atomic E-state index is -1.97. The van der Waals surface area contributed by atoms with Crippen molar-refractivity contribution in [2.24, 2.45) is 0 Å². The first-order valence-corrected chi connectivity index (χ1v) is 6.24. The molecule has 1 aliphatic rings. The van der Waals surface area contributed by atoms with Crippen molar-refractivity contribution in [3.63, 3.8) is 0 Å². The van der Waals surface area contributed by atoms with Gasteiger partial charge in [0.2, 0.25) is 0 Å². The number of aliphatic carboxylic acids is 1. The fourth-order valence-corrected chi connectivity index (χ4v) is 2.72. The van der Waals surface area contributed by atoms with Crippen molar-refractivity contribution in [2.75, 3.05) is 13.7 Å². The van der Waals surface area contributed by atoms with E-state index >= 15 is 0 Å². The monoisotopic (exact) mass is 290 g/mol. The molecule has 18 heavy (non-hydrogen) atoms. The highest BCUT2D eigenvalue weighted by Crippen LogP contribution is 2.44. The molecule has 0 spiro atoms. The predicted molar refractivity (Wildman–Crippen MR) is 66.0 cm³/mol. The SMILES string of the molecule is COSc1cc(Cl)cc2c1OCC[C@@]2(O)C(=O)O. The highest BCUT2D eigenvalue weighted by Gasteiger charge is 2.44. The third-order valence-corrected chi connectivity index (χ3v) is 3.57. The molecule has 1 aromatic rings. The number of carboxylic acid groups (broad SMARTS) is 1. The first-order valence-electron chi connectivity index (χ1n) is 5.12. The van der Waals surface area contributed by atoms with Gasteiger partial charge in [0.15, 0.2) is 5.60 Å². The van der Waals surface area contributed by atoms with E-state index in [1.54, 1.807) is 6.07 Å². The quantitative estimate of drug-likeness (QED) is 0.830. The number of halogens is 1. The molecule has 0 bridgehead atoms. The number of rotatable bonds is 3. The third-order valence-electron chi connectivity index (χ3n) is 2.70. The summed E-state index contributed by atoms with van der Waals surface area (Å²) < 4.78 is 10.4. The van der Waals surface area contributed by atoms with Crippen molar-refractivity contribution in [1.82, 2.24) is 0 Å². The van der Waals surface area contributed by atoms with Crippen LogP contribution in [0.25, 0.3) is 0 Å². The second kappa shape index (κ2) is 4.97. The van der Waals surface area contributed by atoms with E-state index in [2.05, 4.69) is 0 Å². The van der Waals surface area contributed by atoms with Gasteiger partial charge in [-0.1, -0.05) is 11.6 Å². The maximum atomic E-state index is 11.2. The topological polar surface area (TPSA) is 76.0 Å². The van der Waals surface area contributed by atoms with E-state index in [0.29, 0.717) is 15.7 Å². The van der Waals surface area contributed by atoms with Crippen molar-refractivity contribution >= 4 is 29.6 Å². The Labute approximate surface area is 113 Å². The third kappa shape index (κ3) is 2.16. The van der Waals surface area contributed by atoms with Crippen LogP contribution in [0.1, 0.15) is 12.0 Å². The number of carboxylic acids is 1. The summed E-state index contributed by atoms with van der Waals surface area (Å²) in [5, 5.41) is 19.7. The summed E-state index contributed by atoms with van der Waals surface area (Å²) in [5.41, 5.74) is -1.81. The Bertz CT molecular complexity index is 493. The van der Waals surface area contributed by atoms with E-state index in [-0.39, 0.29) is 18.6 Å². The maximum Gasteiger partial charge on any atom is 0.340 e. The zero-order chi connectivity index (χ0) is 13.3. The van der Waals surface area contributed by atoms with Gasteiger partial charge in [-0.15, -0.1) is 0 Å². The summed E-state index contributed by atoms with van der Waals surface area (Å²) >= 11 is 6.92. The lowest BCUT2D eigenvalue weighted by molar-refractivity contribution is -0.162. The van der Waals surface area contributed by atoms with Crippen LogP contribution in [0.5, 0.6) is 5.75 Å². The number of fused-ring (bicyclic) bond motifs is 1. The molecule has 0 aliphatic carbocycles. The van der Waals surface area contributed by atoms with Gasteiger partial charge in [-0.25, -0.2) is 4.79 Å². The van der Waals surface area contributed by atoms with Crippen molar-refractivity contribution in [3.05, 3.63) is 22.7 Å². The number of ether oxygens (including phenoxy) is 1. The van der Waals surface area contributed by atoms with E-state index in [1.165, 1.54) is 13.2 Å². The highest BCUT2D eigenvalue weighted by molar-refractivity contribution is 7.94. The minimum absolute atomic E-state index is 0.0211. The summed E-state index contributed by atoms with van der Waals surface area (Å²) in [6, 6.07) is 3.01. The van der Waals surface area contributed by atoms with Gasteiger partial charge in [-0.2, -0.15) is 0 Å². The molecule has 2 rings (SSSR count). The largest absolute Gasteiger partial charge is 0.492 e. The van der Waals surface area contributed by atoms with Crippen molar-refractivity contribution in [1.29, 1.82) is 0 Å². The number of carbonyl (C=O) groups is 1. The van der Waals surface area contributed by atoms with Crippen LogP contribution in [0.2, 0.25) is 5.02 Å². The first kappa shape index (κ1) is 13.5. The number of aliphatic hydroxyl groups is 1. The highest BCUT2D eigenvalue weighted by atomic mass is 35.5. The van der Waals surface area contributed by atoms with Crippen LogP contribution in [-0.4, -0.2) is 29.9 Å². The Morgan fingerprint density at radius 2 is 2.33 bits per heavy atom. The molecule has 0 radical (unpaired) electrons. The lowest BCUT2D eigenvalue weighted by Crippen LogP contribution is -2.40. The Kier molecular flexibility index (Phi) is 3.72. The fourth-order valence-electron chi connectivity index (χ4n) is 1.83. The van der Waals surface area contributed by atoms with Crippen LogP contribution in [0.15, 0.2) is 17.0 Å². The molecular formula is C11H11ClO5S. The van der Waals surface area contributed by atoms with Crippen molar-refractivity contribution < 1.29 is 23.9 Å². The zero-order valence-corrected chi connectivity index (χ0v) is 11.0. The van der Waals surface area contributed by atoms with Gasteiger partial charge in [-0.3, -0.25) is 0 Å². The normalized spacial score (nSPS) is 22.2. The lowest BCUT2D eigenvalue weighted by Gasteiger charge is -2.31. The molecule has 7 heteroatoms. The number of hydrogen-bond donors (Lipinski definition) is 2. The number of benzene rings is 1. The molecule has 5 nitrogen and oxygen atoms in total. The van der Waals surface area contributed by atoms with Crippen LogP contribution >= 0.6 is 23.6 Å². The average Bonchev–Trinajstić information content (AvgIpc) is 2.31. The first-order chi connectivity index (χ1) is 8.49. The molecule has 0 saturated carbocycles. The fraction of sp³-hybridized carbons (Fsp3) is 0.364. The average molecular weight is 291 g/mol. The molecule has 0 aromatic heterocycles. The Morgan fingerprint density at radius 3 is 2.94 bits per heavy atom. The summed E-state index contributed by atoms with van der Waals surface area (Å²) in [6.07, 6.45) is -0.0211. The van der Waals surface area contributed by atoms with Gasteiger partial charge in [0.1, 0.15) is 5.75 Å². The van der Waals surface area contributed by atoms with Gasteiger partial charge >= 0.3 is 5.97 Å². The van der Waals surface area contributed by atoms with Crippen LogP contribution in [-0.2, 0) is 14.6 Å². The molecule has 1 atom stereocenters. The molecular weight excluding hydrogens is 280 g/mol. The van der Waals surface area contributed by atoms with Crippen LogP contribution < -0.4 is 4.74 Å². The van der Waals surface area contributed by atoms with Crippen LogP contribution in [0.3, 0.4) is 0 Å². The van der Waals surface area contributed by atoms with Gasteiger partial charge in [-0.05, 0) is 12.1 Å². The number of hydrogen-bond acceptors (Lipinski definition) is 5. The second-order valence-electron chi connectivity index (χ2n) is 3.79. The Morgan fingerprint density at radius 1 is 1.61 bits per heavy atom. The van der Waals surface area contributed by atoms with Crippen molar-refractivity contribution in [2.45, 2.75) is 16.9 Å². The van der Waals surface area contributed by atoms with Gasteiger partial charge in [0.25, 0.3) is 0 Å². The molecule has 1 heterocycles. The standard InChI is InChI=1S/C11H11ClO5S/c1-16-18-8-5-6(12)4-7-9(8)17-3-2-11(7,15)10(13)14/h4-5,15H,2-3H2,1H3,(H,13,14)/t11-/m0/s1. The van der Waals surface area contributed by atoms with Crippen LogP contribution in [0.4, 0.5) is 0 Å². The van der Waals surface area contributed by atoms with E-state index in [4.69, 9.17) is 25.6 Å². The summed E-state index contributed by atoms with van der Waals surface area (Å²) in [6.45, 7) is 0.120. The van der Waals surface area contributed by atoms with Crippen molar-refractivity contribution in [3.8, 4) is 5.75 Å². The summed E-state index contributed by atoms with van der Waals surface area (Å²) in [5.74, 6) is -1.01. The Balaban J connectivity index is 2.61. The Hall–Kier alpha value is -0.950. The second-order valence-corrected chi connectivity index (χ2v) is 5.17. The summed E-state index contributed by atoms with van der Waals surface area (Å²) in [4.78, 5) is 11.8. The van der Waals surface area contributed by atoms with Gasteiger partial charge in [0, 0.05) is 29.0 Å². The molecule has 2 N–H and O–H groups in total. The van der Waals surface area contributed by atoms with E-state index in [9.17, 15) is 9.90 Å². The minimum Gasteiger partial charge on any atom is -0.492 e. The molecule has 1 aromatic carbocycles. The van der Waals surface area contributed by atoms with Gasteiger partial charge in [0.05, 0.1) is 18.6 Å². The van der Waals surface area contributed by atoms with Crippen LogP contribution in [0, 0.1) is 0 Å². The maximum absolute atomic E-state index is 11.2. The molecule has 0 amide bonds. The molecule has 0 saturated heterocycles. The summed E-state index contributed by atoms with van der Waals surface area (Å²) in [7, 11) is 1.48. The van der Waals surface area contributed by atoms with E-state index in [0.717, 1.165) is 12.0 Å². The molecule has 98 valence electrons. The lowest BCUT2D eigenvalue weighted by atomic mass is 9.88. The molecule has 1 aliphatic heterocycles. The van der Waals surface area contributed by atoms with E-state index < -0.39 is 11.6 Å². The predicted octanol–water partition coefficient (Wildman–Crippen LogP) is 2.05. The van der Waals surface area contributed by atoms with Gasteiger partial charge < -0.3 is 19.1 Å². The molecule has 0 fully saturated rings. The zero-order valence-electron chi connectivity index (χ0n) is 9.47. The molecule has 0 unspecified atom stereocenters. The smallest absolute Gasteiger partial charge is 0.340 e.